The van der Waals surface area contributed by atoms with Crippen molar-refractivity contribution in [2.75, 3.05) is 6.54 Å². The maximum atomic E-state index is 5.20. The SMILES string of the molecule is CCCCC(CC)CC(NCC)c1ccoc1. The van der Waals surface area contributed by atoms with Crippen molar-refractivity contribution in [1.82, 2.24) is 5.32 Å². The number of furan rings is 1. The summed E-state index contributed by atoms with van der Waals surface area (Å²) >= 11 is 0. The van der Waals surface area contributed by atoms with Gasteiger partial charge < -0.3 is 9.73 Å². The van der Waals surface area contributed by atoms with Crippen molar-refractivity contribution in [3.8, 4) is 0 Å². The first-order valence-corrected chi connectivity index (χ1v) is 7.07. The highest BCUT2D eigenvalue weighted by Crippen LogP contribution is 2.26. The molecular formula is C15H27NO. The molecule has 2 atom stereocenters. The van der Waals surface area contributed by atoms with Gasteiger partial charge in [0.15, 0.2) is 0 Å². The first kappa shape index (κ1) is 14.3. The molecule has 0 amide bonds. The van der Waals surface area contributed by atoms with E-state index in [-0.39, 0.29) is 0 Å². The quantitative estimate of drug-likeness (QED) is 0.682. The van der Waals surface area contributed by atoms with E-state index in [1.165, 1.54) is 37.7 Å². The lowest BCUT2D eigenvalue weighted by Gasteiger charge is -2.22. The number of hydrogen-bond donors (Lipinski definition) is 1. The van der Waals surface area contributed by atoms with Crippen molar-refractivity contribution in [2.45, 2.75) is 58.9 Å². The number of rotatable bonds is 9. The Morgan fingerprint density at radius 2 is 2.12 bits per heavy atom. The molecule has 2 heteroatoms. The van der Waals surface area contributed by atoms with Gasteiger partial charge in [-0.25, -0.2) is 0 Å². The normalized spacial score (nSPS) is 14.8. The molecule has 0 aliphatic carbocycles. The van der Waals surface area contributed by atoms with Gasteiger partial charge in [0.1, 0.15) is 0 Å². The molecule has 1 aromatic rings. The van der Waals surface area contributed by atoms with Crippen LogP contribution in [0.3, 0.4) is 0 Å². The number of hydrogen-bond acceptors (Lipinski definition) is 2. The smallest absolute Gasteiger partial charge is 0.0950 e. The highest BCUT2D eigenvalue weighted by molar-refractivity contribution is 5.11. The Bertz CT molecular complexity index is 268. The van der Waals surface area contributed by atoms with Crippen molar-refractivity contribution in [1.29, 1.82) is 0 Å². The van der Waals surface area contributed by atoms with E-state index in [2.05, 4.69) is 32.2 Å². The van der Waals surface area contributed by atoms with Gasteiger partial charge in [0, 0.05) is 11.6 Å². The van der Waals surface area contributed by atoms with Crippen LogP contribution in [0.4, 0.5) is 0 Å². The van der Waals surface area contributed by atoms with Crippen LogP contribution in [0.25, 0.3) is 0 Å². The van der Waals surface area contributed by atoms with Gasteiger partial charge in [-0.2, -0.15) is 0 Å². The van der Waals surface area contributed by atoms with Gasteiger partial charge in [-0.05, 0) is 24.9 Å². The van der Waals surface area contributed by atoms with Gasteiger partial charge in [0.25, 0.3) is 0 Å². The lowest BCUT2D eigenvalue weighted by molar-refractivity contribution is 0.355. The molecule has 1 rings (SSSR count). The molecule has 2 unspecified atom stereocenters. The lowest BCUT2D eigenvalue weighted by Crippen LogP contribution is -2.23. The van der Waals surface area contributed by atoms with Gasteiger partial charge >= 0.3 is 0 Å². The standard InChI is InChI=1S/C15H27NO/c1-4-7-8-13(5-2)11-15(16-6-3)14-9-10-17-12-14/h9-10,12-13,15-16H,4-8,11H2,1-3H3. The molecule has 0 spiro atoms. The van der Waals surface area contributed by atoms with Crippen LogP contribution in [0.1, 0.15) is 64.5 Å². The average Bonchev–Trinajstić information content (AvgIpc) is 2.87. The van der Waals surface area contributed by atoms with Gasteiger partial charge in [-0.3, -0.25) is 0 Å². The molecule has 0 aromatic carbocycles. The Balaban J connectivity index is 2.52. The monoisotopic (exact) mass is 237 g/mol. The third-order valence-corrected chi connectivity index (χ3v) is 3.51. The molecule has 0 aliphatic rings. The Kier molecular flexibility index (Phi) is 7.02. The lowest BCUT2D eigenvalue weighted by atomic mass is 9.90. The fourth-order valence-electron chi connectivity index (χ4n) is 2.37. The summed E-state index contributed by atoms with van der Waals surface area (Å²) in [6.45, 7) is 7.75. The van der Waals surface area contributed by atoms with Crippen LogP contribution >= 0.6 is 0 Å². The van der Waals surface area contributed by atoms with Crippen LogP contribution in [-0.2, 0) is 0 Å². The second kappa shape index (κ2) is 8.35. The Morgan fingerprint density at radius 3 is 2.65 bits per heavy atom. The highest BCUT2D eigenvalue weighted by atomic mass is 16.3. The third-order valence-electron chi connectivity index (χ3n) is 3.51. The molecule has 17 heavy (non-hydrogen) atoms. The summed E-state index contributed by atoms with van der Waals surface area (Å²) in [5.74, 6) is 0.828. The average molecular weight is 237 g/mol. The molecule has 1 aromatic heterocycles. The van der Waals surface area contributed by atoms with Crippen LogP contribution in [0.15, 0.2) is 23.0 Å². The Hall–Kier alpha value is -0.760. The van der Waals surface area contributed by atoms with Crippen molar-refractivity contribution in [2.24, 2.45) is 5.92 Å². The Labute approximate surface area is 106 Å². The maximum Gasteiger partial charge on any atom is 0.0950 e. The summed E-state index contributed by atoms with van der Waals surface area (Å²) in [5.41, 5.74) is 1.29. The van der Waals surface area contributed by atoms with Gasteiger partial charge in [0.05, 0.1) is 12.5 Å². The van der Waals surface area contributed by atoms with E-state index in [0.717, 1.165) is 12.5 Å². The largest absolute Gasteiger partial charge is 0.472 e. The van der Waals surface area contributed by atoms with Crippen LogP contribution in [0.2, 0.25) is 0 Å². The van der Waals surface area contributed by atoms with E-state index in [1.54, 1.807) is 6.26 Å². The predicted molar refractivity (Wildman–Crippen MR) is 73.0 cm³/mol. The second-order valence-electron chi connectivity index (χ2n) is 4.82. The zero-order valence-electron chi connectivity index (χ0n) is 11.5. The second-order valence-corrected chi connectivity index (χ2v) is 4.82. The van der Waals surface area contributed by atoms with E-state index in [4.69, 9.17) is 4.42 Å². The summed E-state index contributed by atoms with van der Waals surface area (Å²) in [6.07, 6.45) is 10.2. The maximum absolute atomic E-state index is 5.20. The first-order valence-electron chi connectivity index (χ1n) is 7.07. The van der Waals surface area contributed by atoms with Crippen LogP contribution in [-0.4, -0.2) is 6.54 Å². The van der Waals surface area contributed by atoms with Gasteiger partial charge in [-0.1, -0.05) is 46.5 Å². The molecule has 2 nitrogen and oxygen atoms in total. The summed E-state index contributed by atoms with van der Waals surface area (Å²) in [5, 5.41) is 3.57. The number of unbranched alkanes of at least 4 members (excludes halogenated alkanes) is 1. The van der Waals surface area contributed by atoms with E-state index in [1.807, 2.05) is 6.26 Å². The van der Waals surface area contributed by atoms with Crippen molar-refractivity contribution >= 4 is 0 Å². The molecule has 0 aliphatic heterocycles. The predicted octanol–water partition coefficient (Wildman–Crippen LogP) is 4.54. The summed E-state index contributed by atoms with van der Waals surface area (Å²) < 4.78 is 5.20. The van der Waals surface area contributed by atoms with Crippen molar-refractivity contribution in [3.63, 3.8) is 0 Å². The van der Waals surface area contributed by atoms with E-state index in [9.17, 15) is 0 Å². The Morgan fingerprint density at radius 1 is 1.29 bits per heavy atom. The zero-order chi connectivity index (χ0) is 12.5. The molecular weight excluding hydrogens is 210 g/mol. The molecule has 98 valence electrons. The first-order chi connectivity index (χ1) is 8.31. The molecule has 0 saturated heterocycles. The van der Waals surface area contributed by atoms with E-state index < -0.39 is 0 Å². The summed E-state index contributed by atoms with van der Waals surface area (Å²) in [6, 6.07) is 2.54. The molecule has 1 heterocycles. The summed E-state index contributed by atoms with van der Waals surface area (Å²) in [4.78, 5) is 0. The molecule has 0 radical (unpaired) electrons. The van der Waals surface area contributed by atoms with Gasteiger partial charge in [-0.15, -0.1) is 0 Å². The fraction of sp³-hybridized carbons (Fsp3) is 0.733. The summed E-state index contributed by atoms with van der Waals surface area (Å²) in [7, 11) is 0. The van der Waals surface area contributed by atoms with Crippen molar-refractivity contribution < 1.29 is 4.42 Å². The molecule has 1 N–H and O–H groups in total. The minimum atomic E-state index is 0.459. The molecule has 0 fully saturated rings. The van der Waals surface area contributed by atoms with Crippen LogP contribution < -0.4 is 5.32 Å². The fourth-order valence-corrected chi connectivity index (χ4v) is 2.37. The van der Waals surface area contributed by atoms with Crippen molar-refractivity contribution in [3.05, 3.63) is 24.2 Å². The van der Waals surface area contributed by atoms with E-state index in [0.29, 0.717) is 6.04 Å². The molecule has 0 saturated carbocycles. The highest BCUT2D eigenvalue weighted by Gasteiger charge is 2.16. The van der Waals surface area contributed by atoms with E-state index >= 15 is 0 Å². The third kappa shape index (κ3) is 4.95. The molecule has 0 bridgehead atoms. The topological polar surface area (TPSA) is 25.2 Å². The van der Waals surface area contributed by atoms with Gasteiger partial charge in [0.2, 0.25) is 0 Å². The van der Waals surface area contributed by atoms with Crippen LogP contribution in [0, 0.1) is 5.92 Å². The minimum Gasteiger partial charge on any atom is -0.472 e. The number of nitrogens with one attached hydrogen (secondary N) is 1. The van der Waals surface area contributed by atoms with Crippen LogP contribution in [0.5, 0.6) is 0 Å². The minimum absolute atomic E-state index is 0.459. The zero-order valence-corrected chi connectivity index (χ0v) is 11.5.